The highest BCUT2D eigenvalue weighted by Gasteiger charge is 2.33. The van der Waals surface area contributed by atoms with Gasteiger partial charge in [-0.1, -0.05) is 19.3 Å². The topological polar surface area (TPSA) is 66.4 Å². The molecule has 2 fully saturated rings. The van der Waals surface area contributed by atoms with E-state index in [1.54, 1.807) is 0 Å². The van der Waals surface area contributed by atoms with Gasteiger partial charge < -0.3 is 10.4 Å². The normalized spacial score (nSPS) is 28.7. The molecule has 0 radical (unpaired) electrons. The summed E-state index contributed by atoms with van der Waals surface area (Å²) in [5.74, 6) is -0.261. The maximum Gasteiger partial charge on any atom is 0.306 e. The van der Waals surface area contributed by atoms with Crippen molar-refractivity contribution >= 4 is 11.9 Å². The van der Waals surface area contributed by atoms with E-state index in [2.05, 4.69) is 5.32 Å². The number of carbonyl (C=O) groups excluding carboxylic acids is 1. The van der Waals surface area contributed by atoms with E-state index in [9.17, 15) is 9.59 Å². The number of nitrogens with one attached hydrogen (secondary N) is 1. The van der Waals surface area contributed by atoms with E-state index >= 15 is 0 Å². The highest BCUT2D eigenvalue weighted by molar-refractivity contribution is 5.80. The van der Waals surface area contributed by atoms with Crippen LogP contribution in [0.15, 0.2) is 0 Å². The Morgan fingerprint density at radius 2 is 1.82 bits per heavy atom. The van der Waals surface area contributed by atoms with Crippen molar-refractivity contribution in [2.24, 2.45) is 17.8 Å². The lowest BCUT2D eigenvalue weighted by Crippen LogP contribution is -2.32. The molecule has 4 nitrogen and oxygen atoms in total. The van der Waals surface area contributed by atoms with Gasteiger partial charge in [-0.2, -0.15) is 0 Å². The van der Waals surface area contributed by atoms with Crippen LogP contribution in [-0.4, -0.2) is 23.5 Å². The summed E-state index contributed by atoms with van der Waals surface area (Å²) in [5.41, 5.74) is 0. The highest BCUT2D eigenvalue weighted by Crippen LogP contribution is 2.31. The number of carboxylic acid groups (broad SMARTS) is 1. The Labute approximate surface area is 102 Å². The SMILES string of the molecule is O=C(O)C1CCC(C(=O)NCCC2CCC2)C1. The summed E-state index contributed by atoms with van der Waals surface area (Å²) in [5, 5.41) is 11.8. The number of amides is 1. The molecule has 2 aliphatic carbocycles. The second-order valence-corrected chi connectivity index (χ2v) is 5.42. The first-order chi connectivity index (χ1) is 8.16. The van der Waals surface area contributed by atoms with E-state index in [0.29, 0.717) is 12.8 Å². The van der Waals surface area contributed by atoms with Crippen LogP contribution >= 0.6 is 0 Å². The predicted octanol–water partition coefficient (Wildman–Crippen LogP) is 1.79. The standard InChI is InChI=1S/C13H21NO3/c15-12(14-7-6-9-2-1-3-9)10-4-5-11(8-10)13(16)17/h9-11H,1-8H2,(H,14,15)(H,16,17). The molecule has 2 N–H and O–H groups in total. The Morgan fingerprint density at radius 1 is 1.12 bits per heavy atom. The molecule has 2 aliphatic rings. The fourth-order valence-corrected chi connectivity index (χ4v) is 2.77. The minimum Gasteiger partial charge on any atom is -0.481 e. The average Bonchev–Trinajstić information content (AvgIpc) is 2.70. The van der Waals surface area contributed by atoms with Crippen molar-refractivity contribution in [2.75, 3.05) is 6.54 Å². The molecule has 0 spiro atoms. The monoisotopic (exact) mass is 239 g/mol. The molecule has 96 valence electrons. The summed E-state index contributed by atoms with van der Waals surface area (Å²) in [4.78, 5) is 22.6. The maximum absolute atomic E-state index is 11.8. The van der Waals surface area contributed by atoms with Gasteiger partial charge in [-0.3, -0.25) is 9.59 Å². The van der Waals surface area contributed by atoms with Crippen LogP contribution in [0.3, 0.4) is 0 Å². The first-order valence-electron chi connectivity index (χ1n) is 6.67. The van der Waals surface area contributed by atoms with E-state index in [0.717, 1.165) is 25.3 Å². The van der Waals surface area contributed by atoms with Crippen LogP contribution < -0.4 is 5.32 Å². The lowest BCUT2D eigenvalue weighted by atomic mass is 9.83. The summed E-state index contributed by atoms with van der Waals surface area (Å²) in [6.07, 6.45) is 6.93. The molecule has 1 amide bonds. The fraction of sp³-hybridized carbons (Fsp3) is 0.846. The number of rotatable bonds is 5. The van der Waals surface area contributed by atoms with E-state index in [1.165, 1.54) is 19.3 Å². The molecule has 2 unspecified atom stereocenters. The number of aliphatic carboxylic acids is 1. The number of hydrogen-bond donors (Lipinski definition) is 2. The van der Waals surface area contributed by atoms with Crippen molar-refractivity contribution in [1.82, 2.24) is 5.32 Å². The zero-order valence-electron chi connectivity index (χ0n) is 10.2. The molecule has 0 saturated heterocycles. The second-order valence-electron chi connectivity index (χ2n) is 5.42. The Hall–Kier alpha value is -1.06. The van der Waals surface area contributed by atoms with Gasteiger partial charge >= 0.3 is 5.97 Å². The predicted molar refractivity (Wildman–Crippen MR) is 63.4 cm³/mol. The van der Waals surface area contributed by atoms with E-state index < -0.39 is 5.97 Å². The quantitative estimate of drug-likeness (QED) is 0.768. The molecule has 2 rings (SSSR count). The number of carboxylic acids is 1. The second kappa shape index (κ2) is 5.52. The van der Waals surface area contributed by atoms with E-state index in [-0.39, 0.29) is 17.7 Å². The molecular weight excluding hydrogens is 218 g/mol. The van der Waals surface area contributed by atoms with E-state index in [1.807, 2.05) is 0 Å². The van der Waals surface area contributed by atoms with Crippen LogP contribution in [-0.2, 0) is 9.59 Å². The van der Waals surface area contributed by atoms with Crippen LogP contribution in [0.1, 0.15) is 44.9 Å². The molecule has 2 atom stereocenters. The van der Waals surface area contributed by atoms with Gasteiger partial charge in [-0.05, 0) is 31.6 Å². The third kappa shape index (κ3) is 3.20. The third-order valence-corrected chi connectivity index (χ3v) is 4.23. The number of hydrogen-bond acceptors (Lipinski definition) is 2. The van der Waals surface area contributed by atoms with Gasteiger partial charge in [-0.25, -0.2) is 0 Å². The van der Waals surface area contributed by atoms with Crippen LogP contribution in [0, 0.1) is 17.8 Å². The van der Waals surface area contributed by atoms with Gasteiger partial charge in [-0.15, -0.1) is 0 Å². The van der Waals surface area contributed by atoms with Gasteiger partial charge in [0.25, 0.3) is 0 Å². The van der Waals surface area contributed by atoms with Gasteiger partial charge in [0, 0.05) is 12.5 Å². The molecule has 4 heteroatoms. The summed E-state index contributed by atoms with van der Waals surface area (Å²) in [6.45, 7) is 0.762. The largest absolute Gasteiger partial charge is 0.481 e. The lowest BCUT2D eigenvalue weighted by molar-refractivity contribution is -0.141. The van der Waals surface area contributed by atoms with Gasteiger partial charge in [0.1, 0.15) is 0 Å². The molecule has 0 aromatic heterocycles. The molecular formula is C13H21NO3. The fourth-order valence-electron chi connectivity index (χ4n) is 2.77. The van der Waals surface area contributed by atoms with E-state index in [4.69, 9.17) is 5.11 Å². The molecule has 0 bridgehead atoms. The molecule has 0 heterocycles. The summed E-state index contributed by atoms with van der Waals surface area (Å²) >= 11 is 0. The maximum atomic E-state index is 11.8. The van der Waals surface area contributed by atoms with Crippen LogP contribution in [0.25, 0.3) is 0 Å². The Morgan fingerprint density at radius 3 is 2.35 bits per heavy atom. The van der Waals surface area contributed by atoms with Crippen LogP contribution in [0.5, 0.6) is 0 Å². The third-order valence-electron chi connectivity index (χ3n) is 4.23. The Bertz CT molecular complexity index is 299. The van der Waals surface area contributed by atoms with Gasteiger partial charge in [0.05, 0.1) is 5.92 Å². The van der Waals surface area contributed by atoms with Crippen molar-refractivity contribution in [1.29, 1.82) is 0 Å². The van der Waals surface area contributed by atoms with Crippen molar-refractivity contribution in [3.63, 3.8) is 0 Å². The van der Waals surface area contributed by atoms with Gasteiger partial charge in [0.15, 0.2) is 0 Å². The zero-order valence-corrected chi connectivity index (χ0v) is 10.2. The number of carbonyl (C=O) groups is 2. The van der Waals surface area contributed by atoms with Crippen LogP contribution in [0.4, 0.5) is 0 Å². The molecule has 17 heavy (non-hydrogen) atoms. The van der Waals surface area contributed by atoms with Crippen molar-refractivity contribution in [2.45, 2.75) is 44.9 Å². The molecule has 0 aromatic carbocycles. The summed E-state index contributed by atoms with van der Waals surface area (Å²) in [7, 11) is 0. The highest BCUT2D eigenvalue weighted by atomic mass is 16.4. The zero-order chi connectivity index (χ0) is 12.3. The average molecular weight is 239 g/mol. The first-order valence-corrected chi connectivity index (χ1v) is 6.67. The minimum absolute atomic E-state index is 0.0630. The molecule has 0 aromatic rings. The van der Waals surface area contributed by atoms with Crippen molar-refractivity contribution in [3.8, 4) is 0 Å². The smallest absolute Gasteiger partial charge is 0.306 e. The van der Waals surface area contributed by atoms with Crippen molar-refractivity contribution in [3.05, 3.63) is 0 Å². The lowest BCUT2D eigenvalue weighted by Gasteiger charge is -2.25. The molecule has 0 aliphatic heterocycles. The summed E-state index contributed by atoms with van der Waals surface area (Å²) in [6, 6.07) is 0. The van der Waals surface area contributed by atoms with Crippen molar-refractivity contribution < 1.29 is 14.7 Å². The minimum atomic E-state index is -0.755. The first kappa shape index (κ1) is 12.4. The van der Waals surface area contributed by atoms with Crippen LogP contribution in [0.2, 0.25) is 0 Å². The van der Waals surface area contributed by atoms with Gasteiger partial charge in [0.2, 0.25) is 5.91 Å². The Balaban J connectivity index is 1.64. The Kier molecular flexibility index (Phi) is 4.02. The summed E-state index contributed by atoms with van der Waals surface area (Å²) < 4.78 is 0. The molecule has 2 saturated carbocycles.